The zero-order valence-electron chi connectivity index (χ0n) is 11.6. The number of thioether (sulfide) groups is 1. The summed E-state index contributed by atoms with van der Waals surface area (Å²) < 4.78 is 0. The van der Waals surface area contributed by atoms with Gasteiger partial charge in [0, 0.05) is 11.9 Å². The maximum absolute atomic E-state index is 11.9. The number of carboxylic acid groups (broad SMARTS) is 2. The summed E-state index contributed by atoms with van der Waals surface area (Å²) in [5, 5.41) is 24.8. The van der Waals surface area contributed by atoms with Crippen molar-refractivity contribution >= 4 is 35.3 Å². The van der Waals surface area contributed by atoms with Crippen molar-refractivity contribution < 1.29 is 24.6 Å². The highest BCUT2D eigenvalue weighted by atomic mass is 32.2. The minimum atomic E-state index is -1.55. The lowest BCUT2D eigenvalue weighted by molar-refractivity contribution is -0.255. The van der Waals surface area contributed by atoms with Gasteiger partial charge in [-0.2, -0.15) is 0 Å². The van der Waals surface area contributed by atoms with Crippen LogP contribution in [-0.2, 0) is 4.79 Å². The molecule has 0 aliphatic carbocycles. The number of hydrogen-bond acceptors (Lipinski definition) is 7. The molecular formula is C15H10N2O5S-2. The van der Waals surface area contributed by atoms with E-state index in [1.165, 1.54) is 11.8 Å². The van der Waals surface area contributed by atoms with E-state index in [4.69, 9.17) is 0 Å². The third kappa shape index (κ3) is 4.82. The predicted molar refractivity (Wildman–Crippen MR) is 78.7 cm³/mol. The Balaban J connectivity index is 2.07. The Labute approximate surface area is 135 Å². The number of aromatic carboxylic acids is 2. The van der Waals surface area contributed by atoms with E-state index in [-0.39, 0.29) is 22.6 Å². The second-order valence-corrected chi connectivity index (χ2v) is 5.37. The molecule has 0 bridgehead atoms. The van der Waals surface area contributed by atoms with Gasteiger partial charge in [-0.25, -0.2) is 4.98 Å². The molecule has 1 aromatic carbocycles. The van der Waals surface area contributed by atoms with Crippen molar-refractivity contribution in [2.75, 3.05) is 11.1 Å². The first kappa shape index (κ1) is 16.5. The van der Waals surface area contributed by atoms with Crippen molar-refractivity contribution in [3.05, 3.63) is 53.7 Å². The molecule has 1 amide bonds. The average Bonchev–Trinajstić information content (AvgIpc) is 2.53. The predicted octanol–water partition coefficient (Wildman–Crippen LogP) is -0.461. The summed E-state index contributed by atoms with van der Waals surface area (Å²) >= 11 is 1.19. The smallest absolute Gasteiger partial charge is 0.234 e. The van der Waals surface area contributed by atoms with Crippen LogP contribution in [0.5, 0.6) is 0 Å². The Bertz CT molecular complexity index is 717. The van der Waals surface area contributed by atoms with Crippen LogP contribution < -0.4 is 15.5 Å². The summed E-state index contributed by atoms with van der Waals surface area (Å²) in [6.07, 6.45) is 1.59. The fraction of sp³-hybridized carbons (Fsp3) is 0.0667. The summed E-state index contributed by atoms with van der Waals surface area (Å²) in [5.41, 5.74) is -0.684. The molecule has 0 aliphatic rings. The van der Waals surface area contributed by atoms with Crippen molar-refractivity contribution in [1.82, 2.24) is 4.98 Å². The minimum Gasteiger partial charge on any atom is -0.545 e. The Hall–Kier alpha value is -2.87. The van der Waals surface area contributed by atoms with Gasteiger partial charge in [0.25, 0.3) is 0 Å². The van der Waals surface area contributed by atoms with Crippen LogP contribution in [0.2, 0.25) is 0 Å². The fourth-order valence-corrected chi connectivity index (χ4v) is 2.37. The van der Waals surface area contributed by atoms with E-state index in [2.05, 4.69) is 10.3 Å². The third-order valence-electron chi connectivity index (χ3n) is 2.68. The Morgan fingerprint density at radius 1 is 1.04 bits per heavy atom. The molecule has 1 N–H and O–H groups in total. The number of carbonyl (C=O) groups excluding carboxylic acids is 3. The van der Waals surface area contributed by atoms with E-state index in [0.717, 1.165) is 18.2 Å². The van der Waals surface area contributed by atoms with Gasteiger partial charge in [0.2, 0.25) is 5.91 Å². The van der Waals surface area contributed by atoms with Crippen LogP contribution in [0, 0.1) is 0 Å². The van der Waals surface area contributed by atoms with E-state index in [1.807, 2.05) is 0 Å². The highest BCUT2D eigenvalue weighted by molar-refractivity contribution is 7.99. The number of nitrogens with zero attached hydrogens (tertiary/aromatic N) is 1. The molecule has 0 atom stereocenters. The summed E-state index contributed by atoms with van der Waals surface area (Å²) in [6.45, 7) is 0. The van der Waals surface area contributed by atoms with Crippen molar-refractivity contribution in [3.63, 3.8) is 0 Å². The quantitative estimate of drug-likeness (QED) is 0.711. The number of pyridine rings is 1. The molecule has 8 heteroatoms. The Kier molecular flexibility index (Phi) is 5.32. The van der Waals surface area contributed by atoms with E-state index in [0.29, 0.717) is 5.03 Å². The Morgan fingerprint density at radius 3 is 2.22 bits per heavy atom. The molecule has 7 nitrogen and oxygen atoms in total. The molecule has 0 fully saturated rings. The highest BCUT2D eigenvalue weighted by Gasteiger charge is 2.08. The summed E-state index contributed by atoms with van der Waals surface area (Å²) in [5.74, 6) is -3.49. The van der Waals surface area contributed by atoms with Crippen molar-refractivity contribution in [1.29, 1.82) is 0 Å². The van der Waals surface area contributed by atoms with Crippen LogP contribution in [0.1, 0.15) is 20.7 Å². The molecule has 0 aliphatic heterocycles. The average molecular weight is 330 g/mol. The second-order valence-electron chi connectivity index (χ2n) is 4.38. The van der Waals surface area contributed by atoms with Crippen LogP contribution in [0.15, 0.2) is 47.6 Å². The van der Waals surface area contributed by atoms with Gasteiger partial charge in [0.15, 0.2) is 0 Å². The molecule has 23 heavy (non-hydrogen) atoms. The number of aromatic nitrogens is 1. The Morgan fingerprint density at radius 2 is 1.70 bits per heavy atom. The summed E-state index contributed by atoms with van der Waals surface area (Å²) in [7, 11) is 0. The van der Waals surface area contributed by atoms with Gasteiger partial charge in [-0.3, -0.25) is 4.79 Å². The first-order valence-corrected chi connectivity index (χ1v) is 7.36. The maximum atomic E-state index is 11.9. The number of amides is 1. The summed E-state index contributed by atoms with van der Waals surface area (Å²) in [6, 6.07) is 8.40. The van der Waals surface area contributed by atoms with Crippen molar-refractivity contribution in [3.8, 4) is 0 Å². The van der Waals surface area contributed by atoms with Gasteiger partial charge in [-0.15, -0.1) is 0 Å². The maximum Gasteiger partial charge on any atom is 0.234 e. The van der Waals surface area contributed by atoms with E-state index in [9.17, 15) is 24.6 Å². The molecule has 1 aromatic heterocycles. The third-order valence-corrected chi connectivity index (χ3v) is 3.62. The lowest BCUT2D eigenvalue weighted by Gasteiger charge is -2.12. The molecule has 0 saturated carbocycles. The molecule has 1 heterocycles. The molecule has 2 aromatic rings. The first-order chi connectivity index (χ1) is 11.0. The van der Waals surface area contributed by atoms with Gasteiger partial charge in [0.05, 0.1) is 22.7 Å². The fourth-order valence-electron chi connectivity index (χ4n) is 1.70. The number of nitrogens with one attached hydrogen (secondary N) is 1. The molecule has 118 valence electrons. The second kappa shape index (κ2) is 7.41. The van der Waals surface area contributed by atoms with E-state index < -0.39 is 17.8 Å². The van der Waals surface area contributed by atoms with Crippen molar-refractivity contribution in [2.45, 2.75) is 5.03 Å². The van der Waals surface area contributed by atoms with E-state index >= 15 is 0 Å². The van der Waals surface area contributed by atoms with Gasteiger partial charge >= 0.3 is 0 Å². The number of benzene rings is 1. The molecule has 0 unspecified atom stereocenters. The van der Waals surface area contributed by atoms with Gasteiger partial charge < -0.3 is 25.1 Å². The standard InChI is InChI=1S/C15H12N2O5S/c18-12(8-23-13-3-1-2-4-16-13)17-11-6-9(14(19)20)5-10(7-11)15(21)22/h1-7H,8H2,(H,17,18)(H,19,20)(H,21,22)/p-2. The zero-order valence-corrected chi connectivity index (χ0v) is 12.5. The lowest BCUT2D eigenvalue weighted by Crippen LogP contribution is -2.26. The molecular weight excluding hydrogens is 320 g/mol. The minimum absolute atomic E-state index is 0.0349. The normalized spacial score (nSPS) is 10.1. The largest absolute Gasteiger partial charge is 0.545 e. The molecule has 0 spiro atoms. The van der Waals surface area contributed by atoms with Crippen LogP contribution in [0.4, 0.5) is 5.69 Å². The zero-order chi connectivity index (χ0) is 16.8. The first-order valence-electron chi connectivity index (χ1n) is 6.37. The van der Waals surface area contributed by atoms with Gasteiger partial charge in [-0.1, -0.05) is 17.8 Å². The monoisotopic (exact) mass is 330 g/mol. The number of hydrogen-bond donors (Lipinski definition) is 1. The SMILES string of the molecule is O=C(CSc1ccccn1)Nc1cc(C(=O)[O-])cc(C(=O)[O-])c1. The number of rotatable bonds is 6. The van der Waals surface area contributed by atoms with Crippen LogP contribution in [0.3, 0.4) is 0 Å². The van der Waals surface area contributed by atoms with Gasteiger partial charge in [-0.05, 0) is 41.5 Å². The molecule has 2 rings (SSSR count). The topological polar surface area (TPSA) is 122 Å². The van der Waals surface area contributed by atoms with Crippen LogP contribution in [0.25, 0.3) is 0 Å². The van der Waals surface area contributed by atoms with Gasteiger partial charge in [0.1, 0.15) is 0 Å². The highest BCUT2D eigenvalue weighted by Crippen LogP contribution is 2.17. The molecule has 0 radical (unpaired) electrons. The lowest BCUT2D eigenvalue weighted by atomic mass is 10.1. The van der Waals surface area contributed by atoms with Crippen LogP contribution >= 0.6 is 11.8 Å². The van der Waals surface area contributed by atoms with Crippen LogP contribution in [-0.4, -0.2) is 28.6 Å². The molecule has 0 saturated heterocycles. The summed E-state index contributed by atoms with van der Waals surface area (Å²) in [4.78, 5) is 37.7. The number of carboxylic acids is 2. The number of carbonyl (C=O) groups is 3. The van der Waals surface area contributed by atoms with Crippen molar-refractivity contribution in [2.24, 2.45) is 0 Å². The van der Waals surface area contributed by atoms with E-state index in [1.54, 1.807) is 24.4 Å². The number of anilines is 1.